The molecule has 0 spiro atoms. The van der Waals surface area contributed by atoms with Crippen LogP contribution in [0.3, 0.4) is 0 Å². The molecule has 0 bridgehead atoms. The summed E-state index contributed by atoms with van der Waals surface area (Å²) in [7, 11) is 0. The number of halogens is 1. The average molecular weight is 257 g/mol. The second-order valence-electron chi connectivity index (χ2n) is 2.72. The van der Waals surface area contributed by atoms with Gasteiger partial charge in [-0.1, -0.05) is 22.0 Å². The Kier molecular flexibility index (Phi) is 3.38. The smallest absolute Gasteiger partial charge is 0.274 e. The molecule has 0 fully saturated rings. The van der Waals surface area contributed by atoms with Gasteiger partial charge in [0.05, 0.1) is 16.5 Å². The van der Waals surface area contributed by atoms with Crippen molar-refractivity contribution in [2.24, 2.45) is 5.73 Å². The van der Waals surface area contributed by atoms with Gasteiger partial charge in [0.2, 0.25) is 0 Å². The predicted molar refractivity (Wildman–Crippen MR) is 57.9 cm³/mol. The van der Waals surface area contributed by atoms with Gasteiger partial charge in [0.1, 0.15) is 0 Å². The van der Waals surface area contributed by atoms with E-state index in [0.29, 0.717) is 5.56 Å². The van der Waals surface area contributed by atoms with Crippen molar-refractivity contribution < 1.29 is 4.92 Å². The van der Waals surface area contributed by atoms with Crippen LogP contribution in [0.4, 0.5) is 5.69 Å². The fourth-order valence-electron chi connectivity index (χ4n) is 1.09. The van der Waals surface area contributed by atoms with Crippen molar-refractivity contribution in [2.75, 3.05) is 0 Å². The third-order valence-electron chi connectivity index (χ3n) is 1.80. The Bertz CT molecular complexity index is 379. The molecular formula is C9H9BrN2O2. The van der Waals surface area contributed by atoms with Gasteiger partial charge in [-0.05, 0) is 12.1 Å². The maximum absolute atomic E-state index is 10.7. The highest BCUT2D eigenvalue weighted by Crippen LogP contribution is 2.27. The summed E-state index contributed by atoms with van der Waals surface area (Å²) < 4.78 is 0.760. The summed E-state index contributed by atoms with van der Waals surface area (Å²) in [5, 5.41) is 10.7. The lowest BCUT2D eigenvalue weighted by molar-refractivity contribution is -0.385. The molecule has 1 atom stereocenters. The molecule has 1 rings (SSSR count). The molecule has 1 aromatic rings. The summed E-state index contributed by atoms with van der Waals surface area (Å²) in [6.07, 6.45) is 1.47. The molecule has 0 radical (unpaired) electrons. The molecule has 0 unspecified atom stereocenters. The van der Waals surface area contributed by atoms with E-state index < -0.39 is 11.0 Å². The zero-order valence-corrected chi connectivity index (χ0v) is 8.90. The minimum Gasteiger partial charge on any atom is -0.321 e. The van der Waals surface area contributed by atoms with Gasteiger partial charge in [-0.25, -0.2) is 0 Å². The molecule has 0 amide bonds. The molecule has 0 aliphatic heterocycles. The highest BCUT2D eigenvalue weighted by atomic mass is 79.9. The maximum Gasteiger partial charge on any atom is 0.274 e. The van der Waals surface area contributed by atoms with E-state index in [2.05, 4.69) is 22.5 Å². The van der Waals surface area contributed by atoms with Gasteiger partial charge in [-0.3, -0.25) is 10.1 Å². The molecule has 0 saturated heterocycles. The Balaban J connectivity index is 3.29. The Hall–Kier alpha value is -1.20. The van der Waals surface area contributed by atoms with Crippen molar-refractivity contribution >= 4 is 21.6 Å². The van der Waals surface area contributed by atoms with E-state index in [4.69, 9.17) is 5.73 Å². The van der Waals surface area contributed by atoms with E-state index in [-0.39, 0.29) is 5.69 Å². The zero-order chi connectivity index (χ0) is 10.7. The highest BCUT2D eigenvalue weighted by molar-refractivity contribution is 9.10. The summed E-state index contributed by atoms with van der Waals surface area (Å²) in [5.74, 6) is 0. The molecule has 0 heterocycles. The van der Waals surface area contributed by atoms with Crippen LogP contribution in [0, 0.1) is 10.1 Å². The van der Waals surface area contributed by atoms with Gasteiger partial charge in [0.25, 0.3) is 5.69 Å². The van der Waals surface area contributed by atoms with Crippen LogP contribution in [0.25, 0.3) is 0 Å². The molecular weight excluding hydrogens is 248 g/mol. The fourth-order valence-corrected chi connectivity index (χ4v) is 1.46. The largest absolute Gasteiger partial charge is 0.321 e. The summed E-state index contributed by atoms with van der Waals surface area (Å²) in [5.41, 5.74) is 6.13. The third kappa shape index (κ3) is 2.18. The van der Waals surface area contributed by atoms with Crippen LogP contribution in [0.5, 0.6) is 0 Å². The summed E-state index contributed by atoms with van der Waals surface area (Å²) in [6, 6.07) is 4.14. The Morgan fingerprint density at radius 2 is 2.29 bits per heavy atom. The first-order valence-corrected chi connectivity index (χ1v) is 4.67. The molecule has 0 saturated carbocycles. The van der Waals surface area contributed by atoms with Gasteiger partial charge in [0, 0.05) is 10.5 Å². The third-order valence-corrected chi connectivity index (χ3v) is 2.29. The van der Waals surface area contributed by atoms with E-state index >= 15 is 0 Å². The zero-order valence-electron chi connectivity index (χ0n) is 7.31. The first-order valence-electron chi connectivity index (χ1n) is 3.88. The quantitative estimate of drug-likeness (QED) is 0.514. The lowest BCUT2D eigenvalue weighted by Crippen LogP contribution is -2.09. The molecule has 0 aromatic heterocycles. The molecule has 14 heavy (non-hydrogen) atoms. The van der Waals surface area contributed by atoms with Crippen molar-refractivity contribution in [2.45, 2.75) is 6.04 Å². The van der Waals surface area contributed by atoms with E-state index in [0.717, 1.165) is 4.47 Å². The first-order chi connectivity index (χ1) is 6.56. The number of benzene rings is 1. The fraction of sp³-hybridized carbons (Fsp3) is 0.111. The van der Waals surface area contributed by atoms with Crippen LogP contribution < -0.4 is 5.73 Å². The molecule has 5 heteroatoms. The topological polar surface area (TPSA) is 69.2 Å². The summed E-state index contributed by atoms with van der Waals surface area (Å²) >= 11 is 3.23. The normalized spacial score (nSPS) is 12.1. The van der Waals surface area contributed by atoms with Crippen molar-refractivity contribution in [1.29, 1.82) is 0 Å². The van der Waals surface area contributed by atoms with E-state index in [1.165, 1.54) is 12.1 Å². The van der Waals surface area contributed by atoms with Crippen molar-refractivity contribution in [1.82, 2.24) is 0 Å². The van der Waals surface area contributed by atoms with Crippen LogP contribution in [-0.4, -0.2) is 4.92 Å². The Morgan fingerprint density at radius 3 is 2.79 bits per heavy atom. The number of hydrogen-bond donors (Lipinski definition) is 1. The lowest BCUT2D eigenvalue weighted by atomic mass is 10.1. The monoisotopic (exact) mass is 256 g/mol. The standard InChI is InChI=1S/C9H9BrN2O2/c1-2-8(11)7-5-6(10)3-4-9(7)12(13)14/h2-5,8H,1,11H2/t8-/m1/s1. The number of nitro benzene ring substituents is 1. The Morgan fingerprint density at radius 1 is 1.64 bits per heavy atom. The van der Waals surface area contributed by atoms with Crippen LogP contribution in [0.1, 0.15) is 11.6 Å². The van der Waals surface area contributed by atoms with Gasteiger partial charge >= 0.3 is 0 Å². The van der Waals surface area contributed by atoms with Crippen molar-refractivity contribution in [3.63, 3.8) is 0 Å². The molecule has 2 N–H and O–H groups in total. The van der Waals surface area contributed by atoms with Crippen LogP contribution in [-0.2, 0) is 0 Å². The SMILES string of the molecule is C=C[C@@H](N)c1cc(Br)ccc1[N+](=O)[O-]. The molecule has 74 valence electrons. The number of hydrogen-bond acceptors (Lipinski definition) is 3. The van der Waals surface area contributed by atoms with Crippen LogP contribution >= 0.6 is 15.9 Å². The molecule has 1 aromatic carbocycles. The molecule has 0 aliphatic rings. The average Bonchev–Trinajstić information content (AvgIpc) is 2.16. The van der Waals surface area contributed by atoms with Crippen LogP contribution in [0.2, 0.25) is 0 Å². The highest BCUT2D eigenvalue weighted by Gasteiger charge is 2.17. The minimum absolute atomic E-state index is 0.0144. The Labute approximate surface area is 89.7 Å². The number of rotatable bonds is 3. The first kappa shape index (κ1) is 10.9. The number of nitrogens with zero attached hydrogens (tertiary/aromatic N) is 1. The van der Waals surface area contributed by atoms with Gasteiger partial charge < -0.3 is 5.73 Å². The van der Waals surface area contributed by atoms with Crippen molar-refractivity contribution in [3.05, 3.63) is 51.0 Å². The van der Waals surface area contributed by atoms with Crippen molar-refractivity contribution in [3.8, 4) is 0 Å². The number of nitro groups is 1. The van der Waals surface area contributed by atoms with E-state index in [9.17, 15) is 10.1 Å². The maximum atomic E-state index is 10.7. The molecule has 4 nitrogen and oxygen atoms in total. The number of nitrogens with two attached hydrogens (primary N) is 1. The van der Waals surface area contributed by atoms with E-state index in [1.54, 1.807) is 12.1 Å². The van der Waals surface area contributed by atoms with Gasteiger partial charge in [0.15, 0.2) is 0 Å². The second kappa shape index (κ2) is 4.34. The van der Waals surface area contributed by atoms with Gasteiger partial charge in [-0.15, -0.1) is 6.58 Å². The second-order valence-corrected chi connectivity index (χ2v) is 3.64. The lowest BCUT2D eigenvalue weighted by Gasteiger charge is -2.07. The minimum atomic E-state index is -0.520. The molecule has 0 aliphatic carbocycles. The summed E-state index contributed by atoms with van der Waals surface area (Å²) in [4.78, 5) is 10.2. The van der Waals surface area contributed by atoms with Crippen LogP contribution in [0.15, 0.2) is 35.3 Å². The van der Waals surface area contributed by atoms with E-state index in [1.807, 2.05) is 0 Å². The summed E-state index contributed by atoms with van der Waals surface area (Å²) in [6.45, 7) is 3.50. The van der Waals surface area contributed by atoms with Gasteiger partial charge in [-0.2, -0.15) is 0 Å². The predicted octanol–water partition coefficient (Wildman–Crippen LogP) is 2.54.